The molecule has 0 aliphatic heterocycles. The van der Waals surface area contributed by atoms with Crippen LogP contribution >= 0.6 is 0 Å². The number of ether oxygens (including phenoxy) is 3. The number of carbonyl (C=O) groups excluding carboxylic acids is 1. The predicted molar refractivity (Wildman–Crippen MR) is 79.2 cm³/mol. The van der Waals surface area contributed by atoms with E-state index in [2.05, 4.69) is 10.3 Å². The highest BCUT2D eigenvalue weighted by molar-refractivity contribution is 5.92. The first-order valence-electron chi connectivity index (χ1n) is 6.40. The number of hydrogen-bond donors (Lipinski definition) is 2. The molecule has 1 aromatic carbocycles. The molecule has 0 fully saturated rings. The number of hydrogen-bond acceptors (Lipinski definition) is 4. The van der Waals surface area contributed by atoms with Gasteiger partial charge in [0.15, 0.2) is 11.5 Å². The van der Waals surface area contributed by atoms with E-state index in [1.807, 2.05) is 12.1 Å². The number of aromatic amines is 1. The molecule has 1 aromatic heterocycles. The van der Waals surface area contributed by atoms with Gasteiger partial charge in [0.1, 0.15) is 0 Å². The summed E-state index contributed by atoms with van der Waals surface area (Å²) in [4.78, 5) is 15.0. The van der Waals surface area contributed by atoms with Crippen molar-refractivity contribution in [2.75, 3.05) is 26.6 Å². The van der Waals surface area contributed by atoms with Crippen LogP contribution in [0.15, 0.2) is 30.5 Å². The Bertz CT molecular complexity index is 583. The van der Waals surface area contributed by atoms with Crippen molar-refractivity contribution >= 4 is 11.6 Å². The van der Waals surface area contributed by atoms with Gasteiger partial charge in [-0.25, -0.2) is 0 Å². The van der Waals surface area contributed by atoms with Crippen LogP contribution in [-0.4, -0.2) is 32.2 Å². The van der Waals surface area contributed by atoms with E-state index in [4.69, 9.17) is 14.2 Å². The van der Waals surface area contributed by atoms with Crippen molar-refractivity contribution in [1.29, 1.82) is 0 Å². The monoisotopic (exact) mass is 290 g/mol. The Balaban J connectivity index is 2.17. The highest BCUT2D eigenvalue weighted by Crippen LogP contribution is 2.39. The molecule has 0 aliphatic rings. The number of anilines is 1. The van der Waals surface area contributed by atoms with E-state index in [-0.39, 0.29) is 12.3 Å². The van der Waals surface area contributed by atoms with Crippen LogP contribution in [0.4, 0.5) is 5.69 Å². The molecule has 0 bridgehead atoms. The summed E-state index contributed by atoms with van der Waals surface area (Å²) < 4.78 is 15.7. The molecule has 0 saturated heterocycles. The van der Waals surface area contributed by atoms with E-state index in [1.165, 1.54) is 21.3 Å². The molecular formula is C15H18N2O4. The lowest BCUT2D eigenvalue weighted by Crippen LogP contribution is -2.14. The van der Waals surface area contributed by atoms with Crippen LogP contribution < -0.4 is 19.5 Å². The average molecular weight is 290 g/mol. The van der Waals surface area contributed by atoms with Crippen molar-refractivity contribution < 1.29 is 19.0 Å². The molecule has 2 rings (SSSR count). The van der Waals surface area contributed by atoms with Gasteiger partial charge in [-0.1, -0.05) is 0 Å². The third kappa shape index (κ3) is 3.47. The number of H-pyrrole nitrogens is 1. The number of methoxy groups -OCH3 is 3. The molecule has 112 valence electrons. The molecule has 1 heterocycles. The summed E-state index contributed by atoms with van der Waals surface area (Å²) in [6.45, 7) is 0. The standard InChI is InChI=1S/C15H18N2O4/c1-19-12-7-11(8-13(20-2)15(12)21-3)17-14(18)9-10-5-4-6-16-10/h4-8,16H,9H2,1-3H3,(H,17,18). The van der Waals surface area contributed by atoms with E-state index in [1.54, 1.807) is 18.3 Å². The van der Waals surface area contributed by atoms with Crippen molar-refractivity contribution in [2.24, 2.45) is 0 Å². The zero-order valence-electron chi connectivity index (χ0n) is 12.2. The van der Waals surface area contributed by atoms with E-state index in [0.29, 0.717) is 22.9 Å². The lowest BCUT2D eigenvalue weighted by atomic mass is 10.2. The van der Waals surface area contributed by atoms with E-state index in [9.17, 15) is 4.79 Å². The number of amides is 1. The molecule has 0 aliphatic carbocycles. The number of nitrogens with one attached hydrogen (secondary N) is 2. The van der Waals surface area contributed by atoms with Crippen molar-refractivity contribution in [3.8, 4) is 17.2 Å². The maximum atomic E-state index is 12.0. The van der Waals surface area contributed by atoms with Crippen molar-refractivity contribution in [3.05, 3.63) is 36.2 Å². The van der Waals surface area contributed by atoms with Crippen molar-refractivity contribution in [2.45, 2.75) is 6.42 Å². The van der Waals surface area contributed by atoms with Gasteiger partial charge in [-0.3, -0.25) is 4.79 Å². The molecule has 0 unspecified atom stereocenters. The van der Waals surface area contributed by atoms with Crippen LogP contribution in [0.5, 0.6) is 17.2 Å². The minimum Gasteiger partial charge on any atom is -0.493 e. The zero-order valence-corrected chi connectivity index (χ0v) is 12.2. The fraction of sp³-hybridized carbons (Fsp3) is 0.267. The Morgan fingerprint density at radius 1 is 1.14 bits per heavy atom. The SMILES string of the molecule is COc1cc(NC(=O)Cc2ccc[nH]2)cc(OC)c1OC. The summed E-state index contributed by atoms with van der Waals surface area (Å²) in [6.07, 6.45) is 2.05. The third-order valence-electron chi connectivity index (χ3n) is 2.96. The van der Waals surface area contributed by atoms with Crippen molar-refractivity contribution in [1.82, 2.24) is 4.98 Å². The van der Waals surface area contributed by atoms with Gasteiger partial charge in [0.2, 0.25) is 11.7 Å². The van der Waals surface area contributed by atoms with Gasteiger partial charge >= 0.3 is 0 Å². The Hall–Kier alpha value is -2.63. The largest absolute Gasteiger partial charge is 0.493 e. The number of rotatable bonds is 6. The lowest BCUT2D eigenvalue weighted by molar-refractivity contribution is -0.115. The Morgan fingerprint density at radius 2 is 1.81 bits per heavy atom. The number of benzene rings is 1. The van der Waals surface area contributed by atoms with Crippen LogP contribution in [0, 0.1) is 0 Å². The second kappa shape index (κ2) is 6.69. The summed E-state index contributed by atoms with van der Waals surface area (Å²) in [5.41, 5.74) is 1.43. The van der Waals surface area contributed by atoms with Gasteiger partial charge in [-0.05, 0) is 12.1 Å². The molecule has 0 radical (unpaired) electrons. The van der Waals surface area contributed by atoms with Crippen LogP contribution in [0.2, 0.25) is 0 Å². The van der Waals surface area contributed by atoms with E-state index in [0.717, 1.165) is 5.69 Å². The predicted octanol–water partition coefficient (Wildman–Crippen LogP) is 2.22. The Labute approximate surface area is 123 Å². The maximum absolute atomic E-state index is 12.0. The molecule has 0 atom stereocenters. The van der Waals surface area contributed by atoms with Crippen molar-refractivity contribution in [3.63, 3.8) is 0 Å². The fourth-order valence-electron chi connectivity index (χ4n) is 2.01. The molecule has 2 aromatic rings. The first kappa shape index (κ1) is 14.8. The van der Waals surface area contributed by atoms with Gasteiger partial charge in [0.25, 0.3) is 0 Å². The minimum atomic E-state index is -0.133. The quantitative estimate of drug-likeness (QED) is 0.855. The third-order valence-corrected chi connectivity index (χ3v) is 2.96. The minimum absolute atomic E-state index is 0.133. The highest BCUT2D eigenvalue weighted by Gasteiger charge is 2.14. The molecule has 1 amide bonds. The zero-order chi connectivity index (χ0) is 15.2. The normalized spacial score (nSPS) is 10.0. The Morgan fingerprint density at radius 3 is 2.29 bits per heavy atom. The smallest absolute Gasteiger partial charge is 0.230 e. The number of aromatic nitrogens is 1. The molecule has 6 heteroatoms. The Kier molecular flexibility index (Phi) is 4.71. The molecule has 21 heavy (non-hydrogen) atoms. The topological polar surface area (TPSA) is 72.6 Å². The second-order valence-corrected chi connectivity index (χ2v) is 4.33. The van der Waals surface area contributed by atoms with Crippen LogP contribution in [0.1, 0.15) is 5.69 Å². The van der Waals surface area contributed by atoms with E-state index >= 15 is 0 Å². The molecule has 0 saturated carbocycles. The van der Waals surface area contributed by atoms with Crippen LogP contribution in [0.3, 0.4) is 0 Å². The highest BCUT2D eigenvalue weighted by atomic mass is 16.5. The van der Waals surface area contributed by atoms with Gasteiger partial charge < -0.3 is 24.5 Å². The lowest BCUT2D eigenvalue weighted by Gasteiger charge is -2.14. The molecule has 0 spiro atoms. The van der Waals surface area contributed by atoms with Gasteiger partial charge in [-0.15, -0.1) is 0 Å². The summed E-state index contributed by atoms with van der Waals surface area (Å²) in [5.74, 6) is 1.34. The van der Waals surface area contributed by atoms with E-state index < -0.39 is 0 Å². The number of carbonyl (C=O) groups is 1. The maximum Gasteiger partial charge on any atom is 0.230 e. The summed E-state index contributed by atoms with van der Waals surface area (Å²) >= 11 is 0. The van der Waals surface area contributed by atoms with Gasteiger partial charge in [0.05, 0.1) is 27.8 Å². The summed E-state index contributed by atoms with van der Waals surface area (Å²) in [6, 6.07) is 7.08. The van der Waals surface area contributed by atoms with Crippen LogP contribution in [-0.2, 0) is 11.2 Å². The van der Waals surface area contributed by atoms with Gasteiger partial charge in [-0.2, -0.15) is 0 Å². The summed E-state index contributed by atoms with van der Waals surface area (Å²) in [7, 11) is 4.59. The van der Waals surface area contributed by atoms with Crippen LogP contribution in [0.25, 0.3) is 0 Å². The van der Waals surface area contributed by atoms with Gasteiger partial charge in [0, 0.05) is 29.7 Å². The summed E-state index contributed by atoms with van der Waals surface area (Å²) in [5, 5.41) is 2.81. The first-order valence-corrected chi connectivity index (χ1v) is 6.40. The first-order chi connectivity index (χ1) is 10.2. The average Bonchev–Trinajstić information content (AvgIpc) is 2.98. The molecule has 2 N–H and O–H groups in total. The molecule has 6 nitrogen and oxygen atoms in total. The second-order valence-electron chi connectivity index (χ2n) is 4.33. The molecular weight excluding hydrogens is 272 g/mol. The fourth-order valence-corrected chi connectivity index (χ4v) is 2.01.